The van der Waals surface area contributed by atoms with Crippen LogP contribution < -0.4 is 10.6 Å². The fourth-order valence-electron chi connectivity index (χ4n) is 1.19. The maximum atomic E-state index is 11.0. The topological polar surface area (TPSA) is 41.1 Å². The first-order valence-electron chi connectivity index (χ1n) is 3.73. The Morgan fingerprint density at radius 1 is 1.42 bits per heavy atom. The van der Waals surface area contributed by atoms with Gasteiger partial charge in [-0.15, -0.1) is 0 Å². The number of rotatable bonds is 0. The van der Waals surface area contributed by atoms with Crippen molar-refractivity contribution in [1.82, 2.24) is 10.6 Å². The van der Waals surface area contributed by atoms with E-state index in [0.29, 0.717) is 0 Å². The average Bonchev–Trinajstić information content (AvgIpc) is 2.25. The van der Waals surface area contributed by atoms with E-state index < -0.39 is 0 Å². The van der Waals surface area contributed by atoms with Crippen LogP contribution in [0, 0.1) is 6.54 Å². The van der Waals surface area contributed by atoms with Gasteiger partial charge >= 0.3 is 0 Å². The van der Waals surface area contributed by atoms with Crippen LogP contribution in [0.25, 0.3) is 0 Å². The molecule has 0 aromatic rings. The van der Waals surface area contributed by atoms with E-state index in [4.69, 9.17) is 0 Å². The monoisotopic (exact) mass is 160 g/mol. The number of fused-ring (bicyclic) bond motifs is 1. The summed E-state index contributed by atoms with van der Waals surface area (Å²) in [4.78, 5) is 11.0. The van der Waals surface area contributed by atoms with Gasteiger partial charge < -0.3 is 10.6 Å². The van der Waals surface area contributed by atoms with E-state index in [1.807, 2.05) is 24.3 Å². The third kappa shape index (κ3) is 1.25. The van der Waals surface area contributed by atoms with Crippen molar-refractivity contribution in [3.05, 3.63) is 42.6 Å². The van der Waals surface area contributed by atoms with Crippen molar-refractivity contribution >= 4 is 5.91 Å². The molecule has 0 saturated carbocycles. The molecule has 0 spiro atoms. The Kier molecular flexibility index (Phi) is 1.70. The minimum atomic E-state index is -0.216. The van der Waals surface area contributed by atoms with Crippen LogP contribution >= 0.6 is 0 Å². The van der Waals surface area contributed by atoms with Crippen molar-refractivity contribution in [2.45, 2.75) is 6.04 Å². The second-order valence-electron chi connectivity index (χ2n) is 2.61. The Balaban J connectivity index is 2.24. The summed E-state index contributed by atoms with van der Waals surface area (Å²) in [6.45, 7) is 2.46. The fraction of sp³-hybridized carbons (Fsp3) is 0.111. The summed E-state index contributed by atoms with van der Waals surface area (Å²) in [6, 6.07) is -0.00926. The summed E-state index contributed by atoms with van der Waals surface area (Å²) in [6.07, 6.45) is 9.49. The highest BCUT2D eigenvalue weighted by atomic mass is 16.2. The van der Waals surface area contributed by atoms with Crippen LogP contribution in [0.3, 0.4) is 0 Å². The molecule has 1 aliphatic heterocycles. The molecule has 0 aromatic carbocycles. The molecule has 3 heteroatoms. The molecule has 1 aliphatic carbocycles. The van der Waals surface area contributed by atoms with Gasteiger partial charge in [-0.25, -0.2) is 0 Å². The molecular formula is C9H8N2O. The van der Waals surface area contributed by atoms with Gasteiger partial charge in [0.25, 0.3) is 5.91 Å². The van der Waals surface area contributed by atoms with Crippen molar-refractivity contribution in [1.29, 1.82) is 0 Å². The van der Waals surface area contributed by atoms with Crippen molar-refractivity contribution in [3.8, 4) is 0 Å². The molecule has 2 rings (SSSR count). The van der Waals surface area contributed by atoms with Crippen LogP contribution in [-0.4, -0.2) is 11.9 Å². The molecule has 0 aromatic heterocycles. The van der Waals surface area contributed by atoms with E-state index in [0.717, 1.165) is 5.57 Å². The van der Waals surface area contributed by atoms with E-state index in [2.05, 4.69) is 17.2 Å². The van der Waals surface area contributed by atoms with Gasteiger partial charge in [-0.2, -0.15) is 0 Å². The molecule has 0 fully saturated rings. The second kappa shape index (κ2) is 2.85. The summed E-state index contributed by atoms with van der Waals surface area (Å²) in [5, 5.41) is 5.45. The summed E-state index contributed by atoms with van der Waals surface area (Å²) >= 11 is 0. The fourth-order valence-corrected chi connectivity index (χ4v) is 1.19. The molecule has 2 radical (unpaired) electrons. The molecular weight excluding hydrogens is 152 g/mol. The molecule has 2 aliphatic rings. The number of allylic oxidation sites excluding steroid dienone is 2. The second-order valence-corrected chi connectivity index (χ2v) is 2.61. The molecule has 3 nitrogen and oxygen atoms in total. The van der Waals surface area contributed by atoms with Crippen LogP contribution in [0.5, 0.6) is 0 Å². The van der Waals surface area contributed by atoms with Gasteiger partial charge in [-0.05, 0) is 5.57 Å². The zero-order valence-electron chi connectivity index (χ0n) is 6.37. The Morgan fingerprint density at radius 2 is 2.33 bits per heavy atom. The van der Waals surface area contributed by atoms with Crippen LogP contribution in [0.1, 0.15) is 0 Å². The van der Waals surface area contributed by atoms with Crippen LogP contribution in [0.15, 0.2) is 36.1 Å². The Hall–Kier alpha value is -1.51. The quantitative estimate of drug-likeness (QED) is 0.528. The van der Waals surface area contributed by atoms with Crippen molar-refractivity contribution in [3.63, 3.8) is 0 Å². The first kappa shape index (κ1) is 7.16. The maximum Gasteiger partial charge on any atom is 0.252 e. The largest absolute Gasteiger partial charge is 0.372 e. The van der Waals surface area contributed by atoms with E-state index in [-0.39, 0.29) is 11.9 Å². The molecule has 60 valence electrons. The lowest BCUT2D eigenvalue weighted by molar-refractivity contribution is -0.118. The zero-order valence-corrected chi connectivity index (χ0v) is 6.37. The van der Waals surface area contributed by atoms with Gasteiger partial charge in [-0.1, -0.05) is 24.3 Å². The van der Waals surface area contributed by atoms with Gasteiger partial charge in [0.05, 0.1) is 6.04 Å². The molecule has 1 heterocycles. The highest BCUT2D eigenvalue weighted by molar-refractivity contribution is 5.85. The zero-order chi connectivity index (χ0) is 8.39. The summed E-state index contributed by atoms with van der Waals surface area (Å²) in [7, 11) is 0. The lowest BCUT2D eigenvalue weighted by Crippen LogP contribution is -2.34. The van der Waals surface area contributed by atoms with Crippen LogP contribution in [0.2, 0.25) is 0 Å². The first-order chi connectivity index (χ1) is 5.86. The van der Waals surface area contributed by atoms with E-state index >= 15 is 0 Å². The third-order valence-corrected chi connectivity index (χ3v) is 1.77. The summed E-state index contributed by atoms with van der Waals surface area (Å²) in [5.74, 6) is -0.216. The van der Waals surface area contributed by atoms with E-state index in [9.17, 15) is 4.79 Å². The highest BCUT2D eigenvalue weighted by Crippen LogP contribution is 2.12. The normalized spacial score (nSPS) is 26.5. The highest BCUT2D eigenvalue weighted by Gasteiger charge is 2.17. The molecule has 2 N–H and O–H groups in total. The minimum absolute atomic E-state index is 0.00926. The predicted molar refractivity (Wildman–Crippen MR) is 44.7 cm³/mol. The third-order valence-electron chi connectivity index (χ3n) is 1.77. The Labute approximate surface area is 70.8 Å². The first-order valence-corrected chi connectivity index (χ1v) is 3.73. The minimum Gasteiger partial charge on any atom is -0.372 e. The number of carbonyl (C=O) groups excluding carboxylic acids is 1. The Bertz CT molecular complexity index is 289. The van der Waals surface area contributed by atoms with Gasteiger partial charge in [0.15, 0.2) is 6.54 Å². The van der Waals surface area contributed by atoms with Gasteiger partial charge in [0.2, 0.25) is 0 Å². The molecule has 12 heavy (non-hydrogen) atoms. The lowest BCUT2D eigenvalue weighted by Gasteiger charge is -2.14. The smallest absolute Gasteiger partial charge is 0.252 e. The summed E-state index contributed by atoms with van der Waals surface area (Å²) < 4.78 is 0. The van der Waals surface area contributed by atoms with Crippen LogP contribution in [-0.2, 0) is 4.79 Å². The molecule has 1 amide bonds. The molecule has 1 atom stereocenters. The average molecular weight is 160 g/mol. The maximum absolute atomic E-state index is 11.0. The molecule has 0 saturated heterocycles. The van der Waals surface area contributed by atoms with Gasteiger partial charge in [0, 0.05) is 6.20 Å². The van der Waals surface area contributed by atoms with E-state index in [1.54, 1.807) is 6.20 Å². The standard InChI is InChI=1S/C9H8N2O/c12-9-6-10-5-7-3-1-2-4-8(7)11-9/h1-5,8,10H,(H,11,12). The van der Waals surface area contributed by atoms with Gasteiger partial charge in [-0.3, -0.25) is 4.79 Å². The molecule has 0 bridgehead atoms. The van der Waals surface area contributed by atoms with Crippen molar-refractivity contribution in [2.75, 3.05) is 0 Å². The number of hydrogen-bond donors (Lipinski definition) is 2. The van der Waals surface area contributed by atoms with Crippen molar-refractivity contribution < 1.29 is 4.79 Å². The number of hydrogen-bond acceptors (Lipinski definition) is 2. The SMILES string of the molecule is O=C1[C]NC=C2C=CC=CC2N1. The van der Waals surface area contributed by atoms with Gasteiger partial charge in [0.1, 0.15) is 0 Å². The lowest BCUT2D eigenvalue weighted by atomic mass is 10.0. The Morgan fingerprint density at radius 3 is 3.25 bits per heavy atom. The van der Waals surface area contributed by atoms with E-state index in [1.165, 1.54) is 0 Å². The number of carbonyl (C=O) groups is 1. The van der Waals surface area contributed by atoms with Crippen LogP contribution in [0.4, 0.5) is 0 Å². The predicted octanol–water partition coefficient (Wildman–Crippen LogP) is 0.123. The number of nitrogens with one attached hydrogen (secondary N) is 2. The molecule has 1 unspecified atom stereocenters. The summed E-state index contributed by atoms with van der Waals surface area (Å²) in [5.41, 5.74) is 1.04. The number of amides is 1. The van der Waals surface area contributed by atoms with Crippen molar-refractivity contribution in [2.24, 2.45) is 0 Å².